The molecule has 25 heavy (non-hydrogen) atoms. The van der Waals surface area contributed by atoms with E-state index in [1.54, 1.807) is 36.4 Å². The van der Waals surface area contributed by atoms with Gasteiger partial charge in [0.1, 0.15) is 0 Å². The first-order valence-corrected chi connectivity index (χ1v) is 8.46. The molecule has 0 aromatic heterocycles. The first-order valence-electron chi connectivity index (χ1n) is 8.08. The zero-order chi connectivity index (χ0) is 17.6. The van der Waals surface area contributed by atoms with Crippen molar-refractivity contribution in [1.82, 2.24) is 0 Å². The highest BCUT2D eigenvalue weighted by atomic mass is 35.5. The van der Waals surface area contributed by atoms with Crippen LogP contribution in [0.1, 0.15) is 38.6 Å². The van der Waals surface area contributed by atoms with E-state index in [1.165, 1.54) is 0 Å². The molecule has 0 spiro atoms. The first kappa shape index (κ1) is 17.1. The summed E-state index contributed by atoms with van der Waals surface area (Å²) < 4.78 is 0. The Bertz CT molecular complexity index is 856. The Morgan fingerprint density at radius 1 is 0.720 bits per heavy atom. The fourth-order valence-electron chi connectivity index (χ4n) is 2.79. The molecule has 0 saturated carbocycles. The topological polar surface area (TPSA) is 34.1 Å². The summed E-state index contributed by atoms with van der Waals surface area (Å²) in [7, 11) is 0. The molecule has 0 bridgehead atoms. The highest BCUT2D eigenvalue weighted by molar-refractivity contribution is 6.30. The molecule has 2 nitrogen and oxygen atoms in total. The quantitative estimate of drug-likeness (QED) is 0.545. The maximum atomic E-state index is 13.0. The fourth-order valence-corrected chi connectivity index (χ4v) is 2.91. The summed E-state index contributed by atoms with van der Waals surface area (Å²) in [5, 5.41) is 0.601. The molecule has 0 N–H and O–H groups in total. The van der Waals surface area contributed by atoms with Crippen LogP contribution in [-0.4, -0.2) is 11.6 Å². The summed E-state index contributed by atoms with van der Waals surface area (Å²) in [6.45, 7) is 0. The highest BCUT2D eigenvalue weighted by Crippen LogP contribution is 2.27. The van der Waals surface area contributed by atoms with Gasteiger partial charge in [0.25, 0.3) is 0 Å². The molecule has 124 valence electrons. The van der Waals surface area contributed by atoms with Crippen molar-refractivity contribution in [2.45, 2.75) is 12.3 Å². The number of Topliss-reactive ketones (excluding diaryl/α,β-unsaturated/α-hetero) is 2. The predicted octanol–water partition coefficient (Wildman–Crippen LogP) is 5.58. The van der Waals surface area contributed by atoms with Crippen LogP contribution in [0.25, 0.3) is 0 Å². The van der Waals surface area contributed by atoms with Crippen molar-refractivity contribution in [1.29, 1.82) is 0 Å². The number of carbonyl (C=O) groups excluding carboxylic acids is 2. The molecule has 0 heterocycles. The van der Waals surface area contributed by atoms with Crippen molar-refractivity contribution in [3.8, 4) is 0 Å². The minimum atomic E-state index is -0.535. The van der Waals surface area contributed by atoms with E-state index in [0.29, 0.717) is 16.1 Å². The van der Waals surface area contributed by atoms with Crippen molar-refractivity contribution in [3.05, 3.63) is 107 Å². The molecule has 0 aliphatic rings. The molecule has 0 fully saturated rings. The number of hydrogen-bond donors (Lipinski definition) is 0. The Labute approximate surface area is 152 Å². The van der Waals surface area contributed by atoms with Gasteiger partial charge in [-0.25, -0.2) is 0 Å². The van der Waals surface area contributed by atoms with Crippen LogP contribution in [0.5, 0.6) is 0 Å². The van der Waals surface area contributed by atoms with Crippen molar-refractivity contribution in [2.75, 3.05) is 0 Å². The zero-order valence-corrected chi connectivity index (χ0v) is 14.3. The van der Waals surface area contributed by atoms with E-state index in [2.05, 4.69) is 0 Å². The van der Waals surface area contributed by atoms with E-state index in [4.69, 9.17) is 11.6 Å². The summed E-state index contributed by atoms with van der Waals surface area (Å²) >= 11 is 5.96. The minimum absolute atomic E-state index is 0.0511. The van der Waals surface area contributed by atoms with Crippen LogP contribution in [0.3, 0.4) is 0 Å². The molecular weight excluding hydrogens is 332 g/mol. The first-order chi connectivity index (χ1) is 12.1. The van der Waals surface area contributed by atoms with E-state index in [1.807, 2.05) is 48.5 Å². The van der Waals surface area contributed by atoms with Gasteiger partial charge in [-0.05, 0) is 17.7 Å². The number of rotatable bonds is 6. The Morgan fingerprint density at radius 3 is 1.80 bits per heavy atom. The van der Waals surface area contributed by atoms with Crippen LogP contribution in [0.4, 0.5) is 0 Å². The van der Waals surface area contributed by atoms with Crippen LogP contribution < -0.4 is 0 Å². The molecule has 0 aliphatic carbocycles. The lowest BCUT2D eigenvalue weighted by Gasteiger charge is -2.16. The van der Waals surface area contributed by atoms with E-state index >= 15 is 0 Å². The molecule has 0 saturated heterocycles. The molecule has 3 aromatic carbocycles. The average molecular weight is 349 g/mol. The number of halogens is 1. The second-order valence-electron chi connectivity index (χ2n) is 5.83. The lowest BCUT2D eigenvalue weighted by molar-refractivity contribution is 0.0893. The third-order valence-electron chi connectivity index (χ3n) is 4.13. The minimum Gasteiger partial charge on any atom is -0.294 e. The summed E-state index contributed by atoms with van der Waals surface area (Å²) in [4.78, 5) is 25.7. The Morgan fingerprint density at radius 2 is 1.24 bits per heavy atom. The Hall–Kier alpha value is -2.71. The third-order valence-corrected chi connectivity index (χ3v) is 4.38. The average Bonchev–Trinajstić information content (AvgIpc) is 2.67. The summed E-state index contributed by atoms with van der Waals surface area (Å²) in [6, 6.07) is 25.2. The molecular formula is C22H17ClO2. The maximum Gasteiger partial charge on any atom is 0.170 e. The van der Waals surface area contributed by atoms with Gasteiger partial charge < -0.3 is 0 Å². The lowest BCUT2D eigenvalue weighted by Crippen LogP contribution is -2.17. The molecule has 3 rings (SSSR count). The second kappa shape index (κ2) is 7.91. The largest absolute Gasteiger partial charge is 0.294 e. The smallest absolute Gasteiger partial charge is 0.170 e. The van der Waals surface area contributed by atoms with Gasteiger partial charge in [0.05, 0.1) is 5.92 Å². The molecule has 1 atom stereocenters. The monoisotopic (exact) mass is 348 g/mol. The van der Waals surface area contributed by atoms with Crippen LogP contribution in [-0.2, 0) is 0 Å². The van der Waals surface area contributed by atoms with E-state index in [9.17, 15) is 9.59 Å². The standard InChI is InChI=1S/C22H17ClO2/c23-19-13-11-16(12-14-19)20(22(25)18-9-5-2-6-10-18)15-21(24)17-7-3-1-4-8-17/h1-14,20H,15H2/t20-/m1/s1. The van der Waals surface area contributed by atoms with E-state index in [0.717, 1.165) is 5.56 Å². The molecule has 0 unspecified atom stereocenters. The lowest BCUT2D eigenvalue weighted by atomic mass is 9.85. The highest BCUT2D eigenvalue weighted by Gasteiger charge is 2.25. The van der Waals surface area contributed by atoms with Gasteiger partial charge in [-0.3, -0.25) is 9.59 Å². The van der Waals surface area contributed by atoms with Gasteiger partial charge in [-0.15, -0.1) is 0 Å². The maximum absolute atomic E-state index is 13.0. The normalized spacial score (nSPS) is 11.7. The van der Waals surface area contributed by atoms with Gasteiger partial charge in [0, 0.05) is 22.6 Å². The Balaban J connectivity index is 1.93. The van der Waals surface area contributed by atoms with Crippen LogP contribution >= 0.6 is 11.6 Å². The van der Waals surface area contributed by atoms with Crippen molar-refractivity contribution in [3.63, 3.8) is 0 Å². The second-order valence-corrected chi connectivity index (χ2v) is 6.26. The zero-order valence-electron chi connectivity index (χ0n) is 13.6. The summed E-state index contributed by atoms with van der Waals surface area (Å²) in [5.74, 6) is -0.649. The molecule has 0 amide bonds. The molecule has 3 aromatic rings. The summed E-state index contributed by atoms with van der Waals surface area (Å²) in [5.41, 5.74) is 2.01. The van der Waals surface area contributed by atoms with Gasteiger partial charge >= 0.3 is 0 Å². The fraction of sp³-hybridized carbons (Fsp3) is 0.0909. The van der Waals surface area contributed by atoms with Gasteiger partial charge in [0.2, 0.25) is 0 Å². The van der Waals surface area contributed by atoms with Crippen molar-refractivity contribution >= 4 is 23.2 Å². The Kier molecular flexibility index (Phi) is 5.42. The number of benzene rings is 3. The van der Waals surface area contributed by atoms with Crippen LogP contribution in [0.2, 0.25) is 5.02 Å². The van der Waals surface area contributed by atoms with Crippen LogP contribution in [0.15, 0.2) is 84.9 Å². The van der Waals surface area contributed by atoms with Crippen molar-refractivity contribution < 1.29 is 9.59 Å². The van der Waals surface area contributed by atoms with Gasteiger partial charge in [-0.1, -0.05) is 84.4 Å². The molecule has 3 heteroatoms. The predicted molar refractivity (Wildman–Crippen MR) is 100 cm³/mol. The van der Waals surface area contributed by atoms with Gasteiger partial charge in [0.15, 0.2) is 11.6 Å². The summed E-state index contributed by atoms with van der Waals surface area (Å²) in [6.07, 6.45) is 0.124. The number of carbonyl (C=O) groups is 2. The molecule has 0 radical (unpaired) electrons. The van der Waals surface area contributed by atoms with E-state index < -0.39 is 5.92 Å². The van der Waals surface area contributed by atoms with E-state index in [-0.39, 0.29) is 18.0 Å². The van der Waals surface area contributed by atoms with Gasteiger partial charge in [-0.2, -0.15) is 0 Å². The molecule has 0 aliphatic heterocycles. The number of hydrogen-bond acceptors (Lipinski definition) is 2. The van der Waals surface area contributed by atoms with Crippen LogP contribution in [0, 0.1) is 0 Å². The SMILES string of the molecule is O=C(C[C@@H](C(=O)c1ccccc1)c1ccc(Cl)cc1)c1ccccc1. The number of ketones is 2. The van der Waals surface area contributed by atoms with Crippen molar-refractivity contribution in [2.24, 2.45) is 0 Å². The third kappa shape index (κ3) is 4.23.